The third-order valence-corrected chi connectivity index (χ3v) is 4.55. The Hall–Kier alpha value is -2.51. The van der Waals surface area contributed by atoms with Crippen LogP contribution in [0.1, 0.15) is 48.0 Å². The number of allylic oxidation sites excluding steroid dienone is 1. The third kappa shape index (κ3) is 3.54. The molecule has 0 bridgehead atoms. The first-order valence-electron chi connectivity index (χ1n) is 8.45. The second-order valence-electron chi connectivity index (χ2n) is 7.84. The van der Waals surface area contributed by atoms with Crippen molar-refractivity contribution in [2.45, 2.75) is 59.6 Å². The number of Topliss-reactive ketones (excluding diaryl/α,β-unsaturated/α-hetero) is 1. The van der Waals surface area contributed by atoms with Crippen molar-refractivity contribution < 1.29 is 23.9 Å². The van der Waals surface area contributed by atoms with Crippen molar-refractivity contribution in [3.63, 3.8) is 0 Å². The fraction of sp³-hybridized carbons (Fsp3) is 0.611. The Balaban J connectivity index is 2.56. The van der Waals surface area contributed by atoms with Crippen molar-refractivity contribution in [1.29, 1.82) is 0 Å². The summed E-state index contributed by atoms with van der Waals surface area (Å²) in [5.74, 6) is -2.71. The highest BCUT2D eigenvalue weighted by molar-refractivity contribution is 6.11. The van der Waals surface area contributed by atoms with Gasteiger partial charge in [0.25, 0.3) is 0 Å². The van der Waals surface area contributed by atoms with E-state index in [-0.39, 0.29) is 11.9 Å². The molecule has 0 saturated heterocycles. The smallest absolute Gasteiger partial charge is 0.303 e. The lowest BCUT2D eigenvalue weighted by Crippen LogP contribution is -2.66. The Bertz CT molecular complexity index is 732. The van der Waals surface area contributed by atoms with Crippen molar-refractivity contribution in [1.82, 2.24) is 10.6 Å². The van der Waals surface area contributed by atoms with Crippen molar-refractivity contribution in [2.24, 2.45) is 16.3 Å². The summed E-state index contributed by atoms with van der Waals surface area (Å²) in [6.45, 7) is 9.48. The molecule has 1 aliphatic heterocycles. The second-order valence-corrected chi connectivity index (χ2v) is 7.84. The molecule has 142 valence electrons. The van der Waals surface area contributed by atoms with Gasteiger partial charge in [-0.3, -0.25) is 29.8 Å². The van der Waals surface area contributed by atoms with Gasteiger partial charge in [-0.15, -0.1) is 0 Å². The highest BCUT2D eigenvalue weighted by Crippen LogP contribution is 2.41. The predicted molar refractivity (Wildman–Crippen MR) is 94.0 cm³/mol. The Morgan fingerprint density at radius 2 is 1.92 bits per heavy atom. The fourth-order valence-corrected chi connectivity index (χ4v) is 3.16. The van der Waals surface area contributed by atoms with Crippen LogP contribution in [0.3, 0.4) is 0 Å². The maximum Gasteiger partial charge on any atom is 0.303 e. The average molecular weight is 363 g/mol. The van der Waals surface area contributed by atoms with Crippen LogP contribution in [0.15, 0.2) is 16.6 Å². The van der Waals surface area contributed by atoms with E-state index in [4.69, 9.17) is 4.74 Å². The van der Waals surface area contributed by atoms with Gasteiger partial charge in [-0.25, -0.2) is 4.99 Å². The van der Waals surface area contributed by atoms with Crippen molar-refractivity contribution in [2.75, 3.05) is 0 Å². The molecule has 2 aliphatic rings. The molecule has 0 saturated carbocycles. The maximum absolute atomic E-state index is 12.7. The molecule has 0 fully saturated rings. The summed E-state index contributed by atoms with van der Waals surface area (Å²) in [6, 6.07) is 0. The first-order valence-corrected chi connectivity index (χ1v) is 8.45. The quantitative estimate of drug-likeness (QED) is 0.558. The Labute approximate surface area is 152 Å². The van der Waals surface area contributed by atoms with Gasteiger partial charge in [-0.1, -0.05) is 26.3 Å². The van der Waals surface area contributed by atoms with Gasteiger partial charge in [-0.05, 0) is 26.3 Å². The van der Waals surface area contributed by atoms with Crippen LogP contribution in [0.5, 0.6) is 0 Å². The molecule has 2 amide bonds. The number of guanidine groups is 1. The van der Waals surface area contributed by atoms with E-state index in [1.165, 1.54) is 13.8 Å². The van der Waals surface area contributed by atoms with Crippen molar-refractivity contribution in [3.05, 3.63) is 11.6 Å². The van der Waals surface area contributed by atoms with Gasteiger partial charge in [0.2, 0.25) is 17.8 Å². The number of ketones is 1. The minimum Gasteiger partial charge on any atom is -0.455 e. The lowest BCUT2D eigenvalue weighted by atomic mass is 9.68. The molecule has 8 heteroatoms. The van der Waals surface area contributed by atoms with Crippen molar-refractivity contribution in [3.8, 4) is 0 Å². The summed E-state index contributed by atoms with van der Waals surface area (Å²) in [7, 11) is 0. The van der Waals surface area contributed by atoms with Crippen LogP contribution in [-0.2, 0) is 23.9 Å². The topological polar surface area (TPSA) is 114 Å². The summed E-state index contributed by atoms with van der Waals surface area (Å²) >= 11 is 0. The lowest BCUT2D eigenvalue weighted by Gasteiger charge is -2.44. The van der Waals surface area contributed by atoms with Crippen LogP contribution < -0.4 is 10.6 Å². The highest BCUT2D eigenvalue weighted by atomic mass is 16.5. The van der Waals surface area contributed by atoms with Crippen LogP contribution in [0.25, 0.3) is 0 Å². The van der Waals surface area contributed by atoms with Gasteiger partial charge in [0.15, 0.2) is 17.4 Å². The van der Waals surface area contributed by atoms with E-state index >= 15 is 0 Å². The number of nitrogens with one attached hydrogen (secondary N) is 2. The molecule has 1 heterocycles. The number of carbonyl (C=O) groups excluding carboxylic acids is 4. The molecule has 8 nitrogen and oxygen atoms in total. The molecule has 3 unspecified atom stereocenters. The van der Waals surface area contributed by atoms with E-state index in [0.29, 0.717) is 6.42 Å². The Morgan fingerprint density at radius 3 is 2.42 bits per heavy atom. The van der Waals surface area contributed by atoms with Gasteiger partial charge < -0.3 is 4.74 Å². The molecule has 1 aliphatic carbocycles. The fourth-order valence-electron chi connectivity index (χ4n) is 3.16. The van der Waals surface area contributed by atoms with Gasteiger partial charge in [0, 0.05) is 12.3 Å². The summed E-state index contributed by atoms with van der Waals surface area (Å²) in [6.07, 6.45) is 0.946. The molecular weight excluding hydrogens is 338 g/mol. The summed E-state index contributed by atoms with van der Waals surface area (Å²) < 4.78 is 5.33. The number of fused-ring (bicyclic) bond motifs is 1. The highest BCUT2D eigenvalue weighted by Gasteiger charge is 2.58. The van der Waals surface area contributed by atoms with Crippen molar-refractivity contribution >= 4 is 29.5 Å². The lowest BCUT2D eigenvalue weighted by molar-refractivity contribution is -0.154. The number of amides is 2. The first kappa shape index (κ1) is 19.8. The summed E-state index contributed by atoms with van der Waals surface area (Å²) in [5, 5.41) is 5.10. The zero-order valence-corrected chi connectivity index (χ0v) is 15.9. The zero-order chi connectivity index (χ0) is 19.9. The van der Waals surface area contributed by atoms with E-state index in [1.807, 2.05) is 0 Å². The molecule has 0 radical (unpaired) electrons. The van der Waals surface area contributed by atoms with Gasteiger partial charge in [0.1, 0.15) is 0 Å². The van der Waals surface area contributed by atoms with Crippen LogP contribution in [0.4, 0.5) is 0 Å². The zero-order valence-electron chi connectivity index (χ0n) is 15.9. The molecule has 26 heavy (non-hydrogen) atoms. The van der Waals surface area contributed by atoms with Crippen LogP contribution in [0, 0.1) is 11.3 Å². The normalized spacial score (nSPS) is 28.2. The molecule has 0 aromatic rings. The number of esters is 1. The molecule has 2 N–H and O–H groups in total. The van der Waals surface area contributed by atoms with Gasteiger partial charge >= 0.3 is 5.97 Å². The van der Waals surface area contributed by atoms with E-state index in [0.717, 1.165) is 5.57 Å². The standard InChI is InChI=1S/C18H25N3O5/c1-9-7-12-14(24)19-16(20-15(25)17(4,5)6)21-18(12,10(2)22)13(8-9)26-11(3)23/h8,12-13H,7H2,1-6H3,(H2,19,20,21,24,25). The summed E-state index contributed by atoms with van der Waals surface area (Å²) in [4.78, 5) is 53.5. The molecule has 0 aromatic carbocycles. The third-order valence-electron chi connectivity index (χ3n) is 4.55. The maximum atomic E-state index is 12.7. The van der Waals surface area contributed by atoms with E-state index in [9.17, 15) is 19.2 Å². The number of ether oxygens (including phenoxy) is 1. The first-order chi connectivity index (χ1) is 11.9. The van der Waals surface area contributed by atoms with Crippen LogP contribution in [0.2, 0.25) is 0 Å². The number of aliphatic imine (C=N–C) groups is 1. The average Bonchev–Trinajstić information content (AvgIpc) is 2.46. The molecule has 0 aromatic heterocycles. The molecule has 3 atom stereocenters. The Morgan fingerprint density at radius 1 is 1.31 bits per heavy atom. The van der Waals surface area contributed by atoms with E-state index in [2.05, 4.69) is 15.6 Å². The minimum absolute atomic E-state index is 0.105. The summed E-state index contributed by atoms with van der Waals surface area (Å²) in [5.41, 5.74) is -1.48. The van der Waals surface area contributed by atoms with Crippen LogP contribution in [-0.4, -0.2) is 41.2 Å². The number of hydrogen-bond donors (Lipinski definition) is 2. The van der Waals surface area contributed by atoms with Gasteiger partial charge in [-0.2, -0.15) is 0 Å². The minimum atomic E-state index is -1.59. The number of carbonyl (C=O) groups is 4. The van der Waals surface area contributed by atoms with E-state index < -0.39 is 40.6 Å². The predicted octanol–water partition coefficient (Wildman–Crippen LogP) is 0.860. The van der Waals surface area contributed by atoms with E-state index in [1.54, 1.807) is 33.8 Å². The van der Waals surface area contributed by atoms with Gasteiger partial charge in [0.05, 0.1) is 5.92 Å². The second kappa shape index (κ2) is 6.66. The molecule has 0 spiro atoms. The number of hydrogen-bond acceptors (Lipinski definition) is 6. The number of rotatable bonds is 2. The Kier molecular flexibility index (Phi) is 5.07. The number of nitrogens with zero attached hydrogens (tertiary/aromatic N) is 1. The SMILES string of the molecule is CC(=O)OC1C=C(C)CC2C(=O)NC(NC(=O)C(C)(C)C)=NC12C(C)=O. The largest absolute Gasteiger partial charge is 0.455 e. The molecule has 2 rings (SSSR count). The van der Waals surface area contributed by atoms with Crippen LogP contribution >= 0.6 is 0 Å². The monoisotopic (exact) mass is 363 g/mol. The molecular formula is C18H25N3O5.